The summed E-state index contributed by atoms with van der Waals surface area (Å²) in [5.41, 5.74) is 1.29. The Morgan fingerprint density at radius 1 is 1.29 bits per heavy atom. The molecule has 1 heterocycles. The summed E-state index contributed by atoms with van der Waals surface area (Å²) >= 11 is 0. The van der Waals surface area contributed by atoms with Crippen LogP contribution in [0.2, 0.25) is 0 Å². The molecule has 2 aliphatic rings. The molecule has 2 N–H and O–H groups in total. The molecule has 1 aromatic rings. The van der Waals surface area contributed by atoms with E-state index in [2.05, 4.69) is 47.5 Å². The molecule has 0 spiro atoms. The summed E-state index contributed by atoms with van der Waals surface area (Å²) in [6.07, 6.45) is 2.56. The molecule has 21 heavy (non-hydrogen) atoms. The molecule has 0 unspecified atom stereocenters. The highest BCUT2D eigenvalue weighted by molar-refractivity contribution is 5.77. The minimum atomic E-state index is 0.220. The van der Waals surface area contributed by atoms with Crippen molar-refractivity contribution in [3.05, 3.63) is 30.3 Å². The van der Waals surface area contributed by atoms with Crippen molar-refractivity contribution in [1.82, 2.24) is 5.32 Å². The van der Waals surface area contributed by atoms with Gasteiger partial charge >= 0.3 is 0 Å². The molecule has 1 amide bonds. The van der Waals surface area contributed by atoms with Gasteiger partial charge in [-0.2, -0.15) is 0 Å². The lowest BCUT2D eigenvalue weighted by atomic mass is 10.2. The van der Waals surface area contributed by atoms with Gasteiger partial charge < -0.3 is 15.1 Å². The Hall–Kier alpha value is -1.55. The minimum absolute atomic E-state index is 0.220. The molecule has 1 atom stereocenters. The van der Waals surface area contributed by atoms with Gasteiger partial charge in [0.15, 0.2) is 6.54 Å². The minimum Gasteiger partial charge on any atom is -0.360 e. The van der Waals surface area contributed by atoms with Gasteiger partial charge in [0.05, 0.1) is 26.2 Å². The molecule has 1 aliphatic heterocycles. The Morgan fingerprint density at radius 3 is 2.57 bits per heavy atom. The second kappa shape index (κ2) is 6.48. The number of rotatable bonds is 5. The maximum absolute atomic E-state index is 12.1. The molecule has 1 aromatic carbocycles. The number of carbonyl (C=O) groups excluding carboxylic acids is 1. The predicted octanol–water partition coefficient (Wildman–Crippen LogP) is 0.306. The van der Waals surface area contributed by atoms with Crippen LogP contribution in [0.3, 0.4) is 0 Å². The smallest absolute Gasteiger partial charge is 0.275 e. The fraction of sp³-hybridized carbons (Fsp3) is 0.588. The molecular weight excluding hydrogens is 262 g/mol. The van der Waals surface area contributed by atoms with Gasteiger partial charge in [0.25, 0.3) is 5.91 Å². The summed E-state index contributed by atoms with van der Waals surface area (Å²) in [5.74, 6) is 0.955. The fourth-order valence-corrected chi connectivity index (χ4v) is 3.14. The third-order valence-corrected chi connectivity index (χ3v) is 4.72. The Kier molecular flexibility index (Phi) is 4.44. The van der Waals surface area contributed by atoms with Gasteiger partial charge in [-0.05, 0) is 37.8 Å². The SMILES string of the molecule is C[C@@H](NC(=O)C[NH+]1CCN(c2ccccc2)CC1)C1CC1. The molecule has 2 fully saturated rings. The van der Waals surface area contributed by atoms with E-state index >= 15 is 0 Å². The zero-order valence-corrected chi connectivity index (χ0v) is 12.8. The molecule has 1 aliphatic carbocycles. The van der Waals surface area contributed by atoms with Gasteiger partial charge in [0, 0.05) is 11.7 Å². The van der Waals surface area contributed by atoms with Crippen LogP contribution in [0, 0.1) is 5.92 Å². The van der Waals surface area contributed by atoms with Gasteiger partial charge in [-0.3, -0.25) is 4.79 Å². The van der Waals surface area contributed by atoms with Crippen LogP contribution in [0.15, 0.2) is 30.3 Å². The van der Waals surface area contributed by atoms with Crippen molar-refractivity contribution in [2.24, 2.45) is 5.92 Å². The van der Waals surface area contributed by atoms with Crippen molar-refractivity contribution < 1.29 is 9.69 Å². The molecule has 4 nitrogen and oxygen atoms in total. The predicted molar refractivity (Wildman–Crippen MR) is 84.5 cm³/mol. The van der Waals surface area contributed by atoms with E-state index in [1.807, 2.05) is 0 Å². The standard InChI is InChI=1S/C17H25N3O/c1-14(15-7-8-15)18-17(21)13-19-9-11-20(12-10-19)16-5-3-2-4-6-16/h2-6,14-15H,7-13H2,1H3,(H,18,21)/p+1/t14-/m1/s1. The first kappa shape index (κ1) is 14.4. The van der Waals surface area contributed by atoms with E-state index in [1.165, 1.54) is 23.4 Å². The van der Waals surface area contributed by atoms with E-state index in [0.717, 1.165) is 32.1 Å². The third-order valence-electron chi connectivity index (χ3n) is 4.72. The number of benzene rings is 1. The molecule has 0 bridgehead atoms. The summed E-state index contributed by atoms with van der Waals surface area (Å²) in [4.78, 5) is 15.9. The molecule has 0 radical (unpaired) electrons. The summed E-state index contributed by atoms with van der Waals surface area (Å²) in [7, 11) is 0. The number of amides is 1. The van der Waals surface area contributed by atoms with Crippen LogP contribution in [0.5, 0.6) is 0 Å². The quantitative estimate of drug-likeness (QED) is 0.818. The van der Waals surface area contributed by atoms with Gasteiger partial charge in [-0.1, -0.05) is 18.2 Å². The average molecular weight is 288 g/mol. The fourth-order valence-electron chi connectivity index (χ4n) is 3.14. The van der Waals surface area contributed by atoms with E-state index in [-0.39, 0.29) is 5.91 Å². The molecule has 114 valence electrons. The first-order valence-corrected chi connectivity index (χ1v) is 8.15. The lowest BCUT2D eigenvalue weighted by molar-refractivity contribution is -0.892. The van der Waals surface area contributed by atoms with Crippen LogP contribution < -0.4 is 15.1 Å². The highest BCUT2D eigenvalue weighted by Gasteiger charge is 2.30. The molecule has 4 heteroatoms. The lowest BCUT2D eigenvalue weighted by Gasteiger charge is -2.33. The first-order valence-electron chi connectivity index (χ1n) is 8.15. The molecule has 1 saturated heterocycles. The number of quaternary nitrogens is 1. The highest BCUT2D eigenvalue weighted by Crippen LogP contribution is 2.32. The molecule has 3 rings (SSSR count). The zero-order valence-electron chi connectivity index (χ0n) is 12.8. The van der Waals surface area contributed by atoms with Gasteiger partial charge in [0.1, 0.15) is 0 Å². The second-order valence-electron chi connectivity index (χ2n) is 6.44. The Labute approximate surface area is 127 Å². The average Bonchev–Trinajstić information content (AvgIpc) is 3.33. The maximum atomic E-state index is 12.1. The Bertz CT molecular complexity index is 464. The number of para-hydroxylation sites is 1. The van der Waals surface area contributed by atoms with Crippen molar-refractivity contribution in [1.29, 1.82) is 0 Å². The monoisotopic (exact) mass is 288 g/mol. The van der Waals surface area contributed by atoms with Crippen LogP contribution in [0.25, 0.3) is 0 Å². The Morgan fingerprint density at radius 2 is 1.95 bits per heavy atom. The zero-order chi connectivity index (χ0) is 14.7. The van der Waals surface area contributed by atoms with Crippen molar-refractivity contribution in [3.8, 4) is 0 Å². The van der Waals surface area contributed by atoms with Crippen LogP contribution >= 0.6 is 0 Å². The molecule has 0 aromatic heterocycles. The van der Waals surface area contributed by atoms with E-state index in [9.17, 15) is 4.79 Å². The summed E-state index contributed by atoms with van der Waals surface area (Å²) in [5, 5.41) is 3.16. The van der Waals surface area contributed by atoms with E-state index in [4.69, 9.17) is 0 Å². The Balaban J connectivity index is 1.42. The maximum Gasteiger partial charge on any atom is 0.275 e. The van der Waals surface area contributed by atoms with E-state index < -0.39 is 0 Å². The van der Waals surface area contributed by atoms with Crippen LogP contribution in [0.4, 0.5) is 5.69 Å². The number of nitrogens with one attached hydrogen (secondary N) is 2. The third kappa shape index (κ3) is 3.97. The second-order valence-corrected chi connectivity index (χ2v) is 6.44. The van der Waals surface area contributed by atoms with Crippen LogP contribution in [0.1, 0.15) is 19.8 Å². The van der Waals surface area contributed by atoms with Crippen molar-refractivity contribution in [3.63, 3.8) is 0 Å². The van der Waals surface area contributed by atoms with E-state index in [1.54, 1.807) is 0 Å². The van der Waals surface area contributed by atoms with Crippen molar-refractivity contribution in [2.45, 2.75) is 25.8 Å². The highest BCUT2D eigenvalue weighted by atomic mass is 16.2. The van der Waals surface area contributed by atoms with Crippen LogP contribution in [-0.2, 0) is 4.79 Å². The number of piperazine rings is 1. The van der Waals surface area contributed by atoms with Gasteiger partial charge in [-0.15, -0.1) is 0 Å². The summed E-state index contributed by atoms with van der Waals surface area (Å²) in [6, 6.07) is 10.9. The van der Waals surface area contributed by atoms with Gasteiger partial charge in [0.2, 0.25) is 0 Å². The van der Waals surface area contributed by atoms with Crippen molar-refractivity contribution in [2.75, 3.05) is 37.6 Å². The lowest BCUT2D eigenvalue weighted by Crippen LogP contribution is -3.16. The first-order chi connectivity index (χ1) is 10.2. The number of anilines is 1. The van der Waals surface area contributed by atoms with Crippen molar-refractivity contribution >= 4 is 11.6 Å². The topological polar surface area (TPSA) is 36.8 Å². The summed E-state index contributed by atoms with van der Waals surface area (Å²) < 4.78 is 0. The van der Waals surface area contributed by atoms with Crippen LogP contribution in [-0.4, -0.2) is 44.7 Å². The number of hydrogen-bond acceptors (Lipinski definition) is 2. The molecular formula is C17H26N3O+. The number of hydrogen-bond donors (Lipinski definition) is 2. The number of nitrogens with zero attached hydrogens (tertiary/aromatic N) is 1. The number of carbonyl (C=O) groups is 1. The van der Waals surface area contributed by atoms with E-state index in [0.29, 0.717) is 12.6 Å². The van der Waals surface area contributed by atoms with Gasteiger partial charge in [-0.25, -0.2) is 0 Å². The summed E-state index contributed by atoms with van der Waals surface area (Å²) in [6.45, 7) is 6.91. The molecule has 1 saturated carbocycles. The largest absolute Gasteiger partial charge is 0.360 e. The normalized spacial score (nSPS) is 21.1.